The van der Waals surface area contributed by atoms with Crippen LogP contribution in [0.25, 0.3) is 0 Å². The lowest BCUT2D eigenvalue weighted by Crippen LogP contribution is -2.36. The van der Waals surface area contributed by atoms with Gasteiger partial charge in [-0.3, -0.25) is 9.59 Å². The molecule has 2 unspecified atom stereocenters. The zero-order valence-corrected chi connectivity index (χ0v) is 12.0. The molecule has 1 heterocycles. The summed E-state index contributed by atoms with van der Waals surface area (Å²) in [4.78, 5) is 33.8. The quantitative estimate of drug-likeness (QED) is 0.363. The van der Waals surface area contributed by atoms with Crippen molar-refractivity contribution in [2.75, 3.05) is 19.8 Å². The van der Waals surface area contributed by atoms with Gasteiger partial charge in [-0.2, -0.15) is 0 Å². The van der Waals surface area contributed by atoms with Gasteiger partial charge in [0.2, 0.25) is 0 Å². The Kier molecular flexibility index (Phi) is 6.36. The Morgan fingerprint density at radius 3 is 2.62 bits per heavy atom. The van der Waals surface area contributed by atoms with Crippen molar-refractivity contribution in [2.45, 2.75) is 32.3 Å². The van der Waals surface area contributed by atoms with Gasteiger partial charge in [0.05, 0.1) is 12.0 Å². The molecule has 0 aromatic heterocycles. The molecule has 0 radical (unpaired) electrons. The number of hydrogen-bond acceptors (Lipinski definition) is 6. The second kappa shape index (κ2) is 7.78. The zero-order chi connectivity index (χ0) is 15.9. The number of hydrogen-bond donors (Lipinski definition) is 1. The van der Waals surface area contributed by atoms with Gasteiger partial charge in [-0.25, -0.2) is 4.79 Å². The fourth-order valence-electron chi connectivity index (χ4n) is 1.66. The van der Waals surface area contributed by atoms with Crippen LogP contribution >= 0.6 is 0 Å². The van der Waals surface area contributed by atoms with Crippen molar-refractivity contribution in [1.82, 2.24) is 0 Å². The first-order valence-corrected chi connectivity index (χ1v) is 6.67. The van der Waals surface area contributed by atoms with E-state index in [-0.39, 0.29) is 38.6 Å². The molecule has 1 N–H and O–H groups in total. The smallest absolute Gasteiger partial charge is 0.330 e. The molecule has 1 rings (SSSR count). The van der Waals surface area contributed by atoms with Crippen LogP contribution in [0.15, 0.2) is 12.7 Å². The van der Waals surface area contributed by atoms with Crippen LogP contribution in [0.5, 0.6) is 0 Å². The molecule has 1 fully saturated rings. The molecule has 7 heteroatoms. The first-order valence-electron chi connectivity index (χ1n) is 6.67. The van der Waals surface area contributed by atoms with E-state index in [0.29, 0.717) is 6.61 Å². The molecule has 1 aliphatic heterocycles. The highest BCUT2D eigenvalue weighted by Crippen LogP contribution is 2.27. The Morgan fingerprint density at radius 1 is 1.43 bits per heavy atom. The first kappa shape index (κ1) is 17.2. The highest BCUT2D eigenvalue weighted by Gasteiger charge is 2.37. The van der Waals surface area contributed by atoms with E-state index in [4.69, 9.17) is 19.3 Å². The maximum atomic E-state index is 12.1. The Hall–Kier alpha value is -1.89. The lowest BCUT2D eigenvalue weighted by atomic mass is 9.85. The van der Waals surface area contributed by atoms with Crippen molar-refractivity contribution in [1.29, 1.82) is 0 Å². The van der Waals surface area contributed by atoms with Crippen molar-refractivity contribution in [3.8, 4) is 0 Å². The molecule has 0 aromatic carbocycles. The summed E-state index contributed by atoms with van der Waals surface area (Å²) in [7, 11) is 0. The summed E-state index contributed by atoms with van der Waals surface area (Å²) in [5.41, 5.74) is -1.08. The van der Waals surface area contributed by atoms with Crippen LogP contribution in [-0.4, -0.2) is 48.9 Å². The van der Waals surface area contributed by atoms with Crippen LogP contribution in [0.2, 0.25) is 0 Å². The Labute approximate surface area is 122 Å². The van der Waals surface area contributed by atoms with E-state index in [2.05, 4.69) is 6.58 Å². The van der Waals surface area contributed by atoms with Crippen molar-refractivity contribution < 1.29 is 33.7 Å². The SMILES string of the molecule is C=CC(=O)OCC(C)(CCCC(=O)O)C(=O)OCC1CO1. The molecule has 0 aliphatic carbocycles. The highest BCUT2D eigenvalue weighted by molar-refractivity contribution is 5.82. The molecule has 2 atom stereocenters. The van der Waals surface area contributed by atoms with Crippen molar-refractivity contribution in [2.24, 2.45) is 5.41 Å². The molecule has 0 saturated carbocycles. The van der Waals surface area contributed by atoms with E-state index in [1.54, 1.807) is 6.92 Å². The zero-order valence-electron chi connectivity index (χ0n) is 12.0. The predicted octanol–water partition coefficient (Wildman–Crippen LogP) is 0.919. The summed E-state index contributed by atoms with van der Waals surface area (Å²) in [6, 6.07) is 0. The maximum Gasteiger partial charge on any atom is 0.330 e. The number of ether oxygens (including phenoxy) is 3. The second-order valence-corrected chi connectivity index (χ2v) is 5.17. The van der Waals surface area contributed by atoms with E-state index in [1.165, 1.54) is 0 Å². The minimum absolute atomic E-state index is 0.0621. The average Bonchev–Trinajstić information content (AvgIpc) is 3.25. The minimum Gasteiger partial charge on any atom is -0.481 e. The number of carbonyl (C=O) groups is 3. The fraction of sp³-hybridized carbons (Fsp3) is 0.643. The van der Waals surface area contributed by atoms with Crippen LogP contribution in [0, 0.1) is 5.41 Å². The molecule has 1 saturated heterocycles. The number of rotatable bonds is 10. The average molecular weight is 300 g/mol. The highest BCUT2D eigenvalue weighted by atomic mass is 16.6. The van der Waals surface area contributed by atoms with E-state index < -0.39 is 23.3 Å². The maximum absolute atomic E-state index is 12.1. The van der Waals surface area contributed by atoms with Gasteiger partial charge >= 0.3 is 17.9 Å². The van der Waals surface area contributed by atoms with Crippen LogP contribution in [0.3, 0.4) is 0 Å². The van der Waals surface area contributed by atoms with Gasteiger partial charge in [-0.15, -0.1) is 0 Å². The number of epoxide rings is 1. The third-order valence-electron chi connectivity index (χ3n) is 3.11. The van der Waals surface area contributed by atoms with Gasteiger partial charge in [-0.05, 0) is 19.8 Å². The van der Waals surface area contributed by atoms with Gasteiger partial charge in [0.25, 0.3) is 0 Å². The van der Waals surface area contributed by atoms with Gasteiger partial charge in [0.1, 0.15) is 19.3 Å². The van der Waals surface area contributed by atoms with Crippen molar-refractivity contribution in [3.05, 3.63) is 12.7 Å². The third-order valence-corrected chi connectivity index (χ3v) is 3.11. The number of esters is 2. The molecule has 118 valence electrons. The van der Waals surface area contributed by atoms with E-state index in [1.807, 2.05) is 0 Å². The molecule has 7 nitrogen and oxygen atoms in total. The van der Waals surface area contributed by atoms with Gasteiger partial charge in [-0.1, -0.05) is 6.58 Å². The van der Waals surface area contributed by atoms with E-state index >= 15 is 0 Å². The molecular formula is C14H20O7. The molecule has 0 amide bonds. The summed E-state index contributed by atoms with van der Waals surface area (Å²) < 4.78 is 15.0. The third kappa shape index (κ3) is 6.40. The number of carboxylic acids is 1. The summed E-state index contributed by atoms with van der Waals surface area (Å²) >= 11 is 0. The van der Waals surface area contributed by atoms with E-state index in [0.717, 1.165) is 6.08 Å². The van der Waals surface area contributed by atoms with Gasteiger partial charge in [0, 0.05) is 12.5 Å². The van der Waals surface area contributed by atoms with Crippen LogP contribution in [0.4, 0.5) is 0 Å². The Balaban J connectivity index is 2.55. The summed E-state index contributed by atoms with van der Waals surface area (Å²) in [5.74, 6) is -2.11. The molecule has 0 aromatic rings. The number of carboxylic acid groups (broad SMARTS) is 1. The molecular weight excluding hydrogens is 280 g/mol. The molecule has 21 heavy (non-hydrogen) atoms. The Morgan fingerprint density at radius 2 is 2.10 bits per heavy atom. The minimum atomic E-state index is -1.08. The predicted molar refractivity (Wildman–Crippen MR) is 71.4 cm³/mol. The molecule has 0 spiro atoms. The van der Waals surface area contributed by atoms with Crippen LogP contribution in [-0.2, 0) is 28.6 Å². The molecule has 0 bridgehead atoms. The topological polar surface area (TPSA) is 102 Å². The standard InChI is InChI=1S/C14H20O7/c1-3-12(17)21-9-14(2,6-4-5-11(15)16)13(18)20-8-10-7-19-10/h3,10H,1,4-9H2,2H3,(H,15,16). The largest absolute Gasteiger partial charge is 0.481 e. The summed E-state index contributed by atoms with van der Waals surface area (Å²) in [6.45, 7) is 5.40. The van der Waals surface area contributed by atoms with Gasteiger partial charge < -0.3 is 19.3 Å². The van der Waals surface area contributed by atoms with Gasteiger partial charge in [0.15, 0.2) is 0 Å². The van der Waals surface area contributed by atoms with Crippen LogP contribution < -0.4 is 0 Å². The van der Waals surface area contributed by atoms with Crippen LogP contribution in [0.1, 0.15) is 26.2 Å². The summed E-state index contributed by atoms with van der Waals surface area (Å²) in [6.07, 6.45) is 1.40. The monoisotopic (exact) mass is 300 g/mol. The van der Waals surface area contributed by atoms with E-state index in [9.17, 15) is 14.4 Å². The summed E-state index contributed by atoms with van der Waals surface area (Å²) in [5, 5.41) is 8.66. The normalized spacial score (nSPS) is 19.2. The number of aliphatic carboxylic acids is 1. The Bertz CT molecular complexity index is 414. The second-order valence-electron chi connectivity index (χ2n) is 5.17. The van der Waals surface area contributed by atoms with Crippen molar-refractivity contribution in [3.63, 3.8) is 0 Å². The lowest BCUT2D eigenvalue weighted by Gasteiger charge is -2.26. The van der Waals surface area contributed by atoms with Crippen molar-refractivity contribution >= 4 is 17.9 Å². The fourth-order valence-corrected chi connectivity index (χ4v) is 1.66. The molecule has 1 aliphatic rings. The lowest BCUT2D eigenvalue weighted by molar-refractivity contribution is -0.162. The number of carbonyl (C=O) groups excluding carboxylic acids is 2. The first-order chi connectivity index (χ1) is 9.87.